The van der Waals surface area contributed by atoms with Gasteiger partial charge in [-0.15, -0.1) is 0 Å². The number of carbonyl (C=O) groups excluding carboxylic acids is 1. The first-order valence-electron chi connectivity index (χ1n) is 8.04. The van der Waals surface area contributed by atoms with Crippen molar-refractivity contribution in [2.45, 2.75) is 13.0 Å². The fourth-order valence-electron chi connectivity index (χ4n) is 2.71. The molecule has 2 aromatic heterocycles. The molecule has 136 valence electrons. The number of rotatable bonds is 4. The van der Waals surface area contributed by atoms with E-state index in [1.54, 1.807) is 19.1 Å². The van der Waals surface area contributed by atoms with E-state index in [0.29, 0.717) is 11.2 Å². The van der Waals surface area contributed by atoms with Crippen LogP contribution in [0.4, 0.5) is 16.0 Å². The molecule has 9 heteroatoms. The Hall–Kier alpha value is -3.80. The molecule has 0 aliphatic rings. The molecule has 4 N–H and O–H groups in total. The number of benzene rings is 1. The standard InChI is InChI=1S/C18H16FN7O/c1-9(25-17-12(7-20)16(21)23-8-24-17)15-11(18(27)22-2)6-10-13(19)4-3-5-14(10)26-15/h3-6,8-9H,1-2H3,(H,22,27)(H3,21,23,24,25)/t9-/m0/s1. The fraction of sp³-hybridized carbons (Fsp3) is 0.167. The summed E-state index contributed by atoms with van der Waals surface area (Å²) in [6.07, 6.45) is 1.23. The number of aromatic nitrogens is 3. The van der Waals surface area contributed by atoms with Gasteiger partial charge >= 0.3 is 0 Å². The van der Waals surface area contributed by atoms with E-state index in [1.807, 2.05) is 6.07 Å². The predicted octanol–water partition coefficient (Wildman–Crippen LogP) is 2.15. The molecule has 0 aliphatic heterocycles. The molecule has 0 fully saturated rings. The van der Waals surface area contributed by atoms with Crippen LogP contribution in [0.2, 0.25) is 0 Å². The summed E-state index contributed by atoms with van der Waals surface area (Å²) in [6.45, 7) is 1.75. The van der Waals surface area contributed by atoms with Gasteiger partial charge in [0.25, 0.3) is 5.91 Å². The second-order valence-corrected chi connectivity index (χ2v) is 5.77. The monoisotopic (exact) mass is 365 g/mol. The van der Waals surface area contributed by atoms with Crippen LogP contribution in [0.15, 0.2) is 30.6 Å². The number of nitrogens with two attached hydrogens (primary N) is 1. The number of hydrogen-bond acceptors (Lipinski definition) is 7. The normalized spacial score (nSPS) is 11.6. The summed E-state index contributed by atoms with van der Waals surface area (Å²) in [5.41, 5.74) is 6.81. The van der Waals surface area contributed by atoms with E-state index in [9.17, 15) is 14.4 Å². The number of pyridine rings is 1. The molecule has 0 saturated carbocycles. The average molecular weight is 365 g/mol. The molecule has 0 bridgehead atoms. The third kappa shape index (κ3) is 3.32. The van der Waals surface area contributed by atoms with Gasteiger partial charge in [0.05, 0.1) is 22.8 Å². The van der Waals surface area contributed by atoms with Crippen LogP contribution in [0, 0.1) is 17.1 Å². The first kappa shape index (κ1) is 18.0. The minimum atomic E-state index is -0.522. The van der Waals surface area contributed by atoms with Gasteiger partial charge in [0, 0.05) is 12.4 Å². The lowest BCUT2D eigenvalue weighted by Crippen LogP contribution is -2.23. The van der Waals surface area contributed by atoms with Crippen LogP contribution in [0.1, 0.15) is 34.6 Å². The average Bonchev–Trinajstić information content (AvgIpc) is 2.67. The second-order valence-electron chi connectivity index (χ2n) is 5.77. The summed E-state index contributed by atoms with van der Waals surface area (Å²) < 4.78 is 14.1. The van der Waals surface area contributed by atoms with Gasteiger partial charge in [-0.25, -0.2) is 19.3 Å². The summed E-state index contributed by atoms with van der Waals surface area (Å²) >= 11 is 0. The summed E-state index contributed by atoms with van der Waals surface area (Å²) in [5, 5.41) is 15.1. The molecular weight excluding hydrogens is 349 g/mol. The molecule has 3 aromatic rings. The molecule has 0 saturated heterocycles. The molecular formula is C18H16FN7O. The molecule has 1 amide bonds. The number of hydrogen-bond donors (Lipinski definition) is 3. The predicted molar refractivity (Wildman–Crippen MR) is 98.3 cm³/mol. The van der Waals surface area contributed by atoms with Gasteiger partial charge in [0.2, 0.25) is 0 Å². The number of amides is 1. The SMILES string of the molecule is CNC(=O)c1cc2c(F)cccc2nc1[C@H](C)Nc1ncnc(N)c1C#N. The van der Waals surface area contributed by atoms with Crippen molar-refractivity contribution in [2.75, 3.05) is 18.1 Å². The van der Waals surface area contributed by atoms with Gasteiger partial charge in [-0.3, -0.25) is 4.79 Å². The van der Waals surface area contributed by atoms with Crippen LogP contribution < -0.4 is 16.4 Å². The van der Waals surface area contributed by atoms with E-state index in [4.69, 9.17) is 5.73 Å². The molecule has 1 aromatic carbocycles. The van der Waals surface area contributed by atoms with E-state index >= 15 is 0 Å². The fourth-order valence-corrected chi connectivity index (χ4v) is 2.71. The minimum Gasteiger partial charge on any atom is -0.382 e. The highest BCUT2D eigenvalue weighted by molar-refractivity contribution is 5.99. The van der Waals surface area contributed by atoms with Crippen molar-refractivity contribution >= 4 is 28.4 Å². The Morgan fingerprint density at radius 3 is 2.85 bits per heavy atom. The Kier molecular flexibility index (Phi) is 4.81. The molecule has 8 nitrogen and oxygen atoms in total. The Balaban J connectivity index is 2.11. The van der Waals surface area contributed by atoms with Crippen molar-refractivity contribution < 1.29 is 9.18 Å². The van der Waals surface area contributed by atoms with Gasteiger partial charge in [-0.2, -0.15) is 5.26 Å². The Morgan fingerprint density at radius 2 is 2.15 bits per heavy atom. The van der Waals surface area contributed by atoms with Crippen molar-refractivity contribution in [2.24, 2.45) is 0 Å². The van der Waals surface area contributed by atoms with Gasteiger partial charge < -0.3 is 16.4 Å². The third-order valence-corrected chi connectivity index (χ3v) is 4.06. The number of carbonyl (C=O) groups is 1. The van der Waals surface area contributed by atoms with Crippen LogP contribution in [0.3, 0.4) is 0 Å². The van der Waals surface area contributed by atoms with Crippen molar-refractivity contribution in [3.63, 3.8) is 0 Å². The molecule has 0 aliphatic carbocycles. The zero-order chi connectivity index (χ0) is 19.6. The van der Waals surface area contributed by atoms with Crippen molar-refractivity contribution in [1.29, 1.82) is 5.26 Å². The summed E-state index contributed by atoms with van der Waals surface area (Å²) in [5.74, 6) is -0.601. The zero-order valence-electron chi connectivity index (χ0n) is 14.6. The lowest BCUT2D eigenvalue weighted by Gasteiger charge is -2.18. The summed E-state index contributed by atoms with van der Waals surface area (Å²) in [4.78, 5) is 24.6. The van der Waals surface area contributed by atoms with Gasteiger partial charge in [0.15, 0.2) is 0 Å². The number of fused-ring (bicyclic) bond motifs is 1. The van der Waals surface area contributed by atoms with E-state index in [2.05, 4.69) is 25.6 Å². The van der Waals surface area contributed by atoms with E-state index < -0.39 is 17.8 Å². The maximum atomic E-state index is 14.1. The van der Waals surface area contributed by atoms with Crippen LogP contribution >= 0.6 is 0 Å². The molecule has 2 heterocycles. The Labute approximate surface area is 154 Å². The first-order valence-corrected chi connectivity index (χ1v) is 8.04. The van der Waals surface area contributed by atoms with Gasteiger partial charge in [-0.1, -0.05) is 6.07 Å². The highest BCUT2D eigenvalue weighted by atomic mass is 19.1. The third-order valence-electron chi connectivity index (χ3n) is 4.06. The number of nitrogen functional groups attached to an aromatic ring is 1. The van der Waals surface area contributed by atoms with E-state index in [-0.39, 0.29) is 28.1 Å². The Bertz CT molecular complexity index is 1080. The smallest absolute Gasteiger partial charge is 0.252 e. The second kappa shape index (κ2) is 7.21. The largest absolute Gasteiger partial charge is 0.382 e. The summed E-state index contributed by atoms with van der Waals surface area (Å²) in [7, 11) is 1.48. The zero-order valence-corrected chi connectivity index (χ0v) is 14.6. The molecule has 3 rings (SSSR count). The van der Waals surface area contributed by atoms with Gasteiger partial charge in [-0.05, 0) is 25.1 Å². The van der Waals surface area contributed by atoms with Crippen molar-refractivity contribution in [3.05, 3.63) is 53.2 Å². The molecule has 27 heavy (non-hydrogen) atoms. The molecule has 0 spiro atoms. The van der Waals surface area contributed by atoms with Crippen LogP contribution in [-0.4, -0.2) is 27.9 Å². The number of nitrogens with one attached hydrogen (secondary N) is 2. The lowest BCUT2D eigenvalue weighted by molar-refractivity contribution is 0.0961. The lowest BCUT2D eigenvalue weighted by atomic mass is 10.0. The molecule has 1 atom stereocenters. The molecule has 0 unspecified atom stereocenters. The Morgan fingerprint density at radius 1 is 1.37 bits per heavy atom. The first-order chi connectivity index (χ1) is 13.0. The van der Waals surface area contributed by atoms with Crippen molar-refractivity contribution in [3.8, 4) is 6.07 Å². The summed E-state index contributed by atoms with van der Waals surface area (Å²) in [6, 6.07) is 7.40. The highest BCUT2D eigenvalue weighted by Crippen LogP contribution is 2.27. The highest BCUT2D eigenvalue weighted by Gasteiger charge is 2.21. The minimum absolute atomic E-state index is 0.0438. The topological polar surface area (TPSA) is 130 Å². The number of anilines is 2. The van der Waals surface area contributed by atoms with Gasteiger partial charge in [0.1, 0.15) is 35.4 Å². The number of nitriles is 1. The van der Waals surface area contributed by atoms with E-state index in [0.717, 1.165) is 0 Å². The molecule has 0 radical (unpaired) electrons. The van der Waals surface area contributed by atoms with Crippen LogP contribution in [0.25, 0.3) is 10.9 Å². The maximum absolute atomic E-state index is 14.1. The van der Waals surface area contributed by atoms with Crippen molar-refractivity contribution in [1.82, 2.24) is 20.3 Å². The number of nitrogens with zero attached hydrogens (tertiary/aromatic N) is 4. The number of halogens is 1. The quantitative estimate of drug-likeness (QED) is 0.646. The van der Waals surface area contributed by atoms with Crippen LogP contribution in [-0.2, 0) is 0 Å². The maximum Gasteiger partial charge on any atom is 0.252 e. The van der Waals surface area contributed by atoms with E-state index in [1.165, 1.54) is 25.5 Å². The van der Waals surface area contributed by atoms with Crippen LogP contribution in [0.5, 0.6) is 0 Å².